The molecule has 1 aromatic heterocycles. The molecule has 0 aliphatic heterocycles. The fraction of sp³-hybridized carbons (Fsp3) is 0.286. The average molecular weight is 428 g/mol. The Morgan fingerprint density at radius 3 is 2.22 bits per heavy atom. The SMILES string of the molecule is Cc1cc2nc(OC(C)C)c(C(=O)Nc3ccc(Br)c(C)c3)nc2cc1C. The molecule has 0 saturated carbocycles. The van der Waals surface area contributed by atoms with Gasteiger partial charge >= 0.3 is 0 Å². The largest absolute Gasteiger partial charge is 0.473 e. The van der Waals surface area contributed by atoms with E-state index in [-0.39, 0.29) is 23.6 Å². The molecule has 27 heavy (non-hydrogen) atoms. The van der Waals surface area contributed by atoms with Crippen molar-refractivity contribution in [1.29, 1.82) is 0 Å². The monoisotopic (exact) mass is 427 g/mol. The van der Waals surface area contributed by atoms with E-state index in [1.54, 1.807) is 0 Å². The molecule has 3 aromatic rings. The van der Waals surface area contributed by atoms with Crippen molar-refractivity contribution in [3.63, 3.8) is 0 Å². The highest BCUT2D eigenvalue weighted by Gasteiger charge is 2.20. The summed E-state index contributed by atoms with van der Waals surface area (Å²) in [4.78, 5) is 22.0. The smallest absolute Gasteiger partial charge is 0.279 e. The maximum absolute atomic E-state index is 12.9. The van der Waals surface area contributed by atoms with E-state index in [0.717, 1.165) is 21.2 Å². The van der Waals surface area contributed by atoms with E-state index in [1.165, 1.54) is 0 Å². The Balaban J connectivity index is 2.05. The quantitative estimate of drug-likeness (QED) is 0.608. The summed E-state index contributed by atoms with van der Waals surface area (Å²) in [5, 5.41) is 2.89. The van der Waals surface area contributed by atoms with Gasteiger partial charge in [0.05, 0.1) is 17.1 Å². The van der Waals surface area contributed by atoms with Crippen molar-refractivity contribution >= 4 is 38.6 Å². The molecule has 1 heterocycles. The first-order valence-corrected chi connectivity index (χ1v) is 9.57. The molecular weight excluding hydrogens is 406 g/mol. The third kappa shape index (κ3) is 4.27. The first kappa shape index (κ1) is 19.3. The topological polar surface area (TPSA) is 64.1 Å². The minimum atomic E-state index is -0.347. The standard InChI is InChI=1S/C21H22BrN3O2/c1-11(2)27-21-19(20(26)23-15-6-7-16(22)14(5)8-15)24-17-9-12(3)13(4)10-18(17)25-21/h6-11H,1-5H3,(H,23,26). The van der Waals surface area contributed by atoms with E-state index in [2.05, 4.69) is 31.2 Å². The number of ether oxygens (including phenoxy) is 1. The summed E-state index contributed by atoms with van der Waals surface area (Å²) in [6, 6.07) is 9.53. The second kappa shape index (κ2) is 7.64. The Labute approximate surface area is 167 Å². The van der Waals surface area contributed by atoms with E-state index < -0.39 is 0 Å². The zero-order valence-electron chi connectivity index (χ0n) is 16.1. The van der Waals surface area contributed by atoms with Crippen LogP contribution in [0.2, 0.25) is 0 Å². The summed E-state index contributed by atoms with van der Waals surface area (Å²) in [6.07, 6.45) is -0.121. The lowest BCUT2D eigenvalue weighted by molar-refractivity contribution is 0.101. The van der Waals surface area contributed by atoms with Crippen LogP contribution in [0.15, 0.2) is 34.8 Å². The van der Waals surface area contributed by atoms with Gasteiger partial charge in [-0.1, -0.05) is 15.9 Å². The molecule has 5 nitrogen and oxygen atoms in total. The summed E-state index contributed by atoms with van der Waals surface area (Å²) >= 11 is 3.46. The van der Waals surface area contributed by atoms with Crippen molar-refractivity contribution < 1.29 is 9.53 Å². The molecule has 140 valence electrons. The van der Waals surface area contributed by atoms with Gasteiger partial charge in [-0.25, -0.2) is 9.97 Å². The highest BCUT2D eigenvalue weighted by atomic mass is 79.9. The van der Waals surface area contributed by atoms with Crippen molar-refractivity contribution in [2.75, 3.05) is 5.32 Å². The minimum Gasteiger partial charge on any atom is -0.473 e. The van der Waals surface area contributed by atoms with Gasteiger partial charge in [-0.3, -0.25) is 4.79 Å². The Morgan fingerprint density at radius 1 is 1.00 bits per heavy atom. The minimum absolute atomic E-state index is 0.121. The summed E-state index contributed by atoms with van der Waals surface area (Å²) in [7, 11) is 0. The zero-order valence-corrected chi connectivity index (χ0v) is 17.6. The number of carbonyl (C=O) groups is 1. The van der Waals surface area contributed by atoms with Gasteiger partial charge in [0, 0.05) is 10.2 Å². The van der Waals surface area contributed by atoms with Crippen LogP contribution < -0.4 is 10.1 Å². The van der Waals surface area contributed by atoms with Crippen LogP contribution in [0.3, 0.4) is 0 Å². The Hall–Kier alpha value is -2.47. The van der Waals surface area contributed by atoms with Crippen molar-refractivity contribution in [1.82, 2.24) is 9.97 Å². The molecule has 0 radical (unpaired) electrons. The van der Waals surface area contributed by atoms with Gasteiger partial charge < -0.3 is 10.1 Å². The average Bonchev–Trinajstić information content (AvgIpc) is 2.58. The zero-order chi connectivity index (χ0) is 19.7. The maximum Gasteiger partial charge on any atom is 0.279 e. The molecule has 3 rings (SSSR count). The highest BCUT2D eigenvalue weighted by Crippen LogP contribution is 2.25. The molecule has 0 saturated heterocycles. The molecule has 6 heteroatoms. The van der Waals surface area contributed by atoms with Gasteiger partial charge in [0.25, 0.3) is 5.91 Å². The predicted octanol–water partition coefficient (Wildman–Crippen LogP) is 5.36. The lowest BCUT2D eigenvalue weighted by atomic mass is 10.1. The molecule has 0 spiro atoms. The molecule has 1 N–H and O–H groups in total. The lowest BCUT2D eigenvalue weighted by Gasteiger charge is -2.14. The van der Waals surface area contributed by atoms with E-state index in [1.807, 2.05) is 65.0 Å². The van der Waals surface area contributed by atoms with Crippen LogP contribution in [0.4, 0.5) is 5.69 Å². The number of carbonyl (C=O) groups excluding carboxylic acids is 1. The highest BCUT2D eigenvalue weighted by molar-refractivity contribution is 9.10. The molecule has 0 unspecified atom stereocenters. The fourth-order valence-electron chi connectivity index (χ4n) is 2.66. The second-order valence-electron chi connectivity index (χ2n) is 6.89. The molecule has 0 aliphatic carbocycles. The molecule has 0 aliphatic rings. The number of hydrogen-bond donors (Lipinski definition) is 1. The van der Waals surface area contributed by atoms with E-state index in [4.69, 9.17) is 4.74 Å². The Morgan fingerprint density at radius 2 is 1.63 bits per heavy atom. The van der Waals surface area contributed by atoms with Crippen LogP contribution in [0.1, 0.15) is 41.0 Å². The van der Waals surface area contributed by atoms with Gasteiger partial charge in [-0.05, 0) is 81.6 Å². The second-order valence-corrected chi connectivity index (χ2v) is 7.74. The summed E-state index contributed by atoms with van der Waals surface area (Å²) in [5.41, 5.74) is 5.51. The number of benzene rings is 2. The molecule has 0 fully saturated rings. The van der Waals surface area contributed by atoms with Gasteiger partial charge in [-0.2, -0.15) is 0 Å². The van der Waals surface area contributed by atoms with Gasteiger partial charge in [-0.15, -0.1) is 0 Å². The Bertz CT molecular complexity index is 1030. The number of fused-ring (bicyclic) bond motifs is 1. The molecule has 2 aromatic carbocycles. The number of anilines is 1. The van der Waals surface area contributed by atoms with Crippen molar-refractivity contribution in [3.05, 3.63) is 57.2 Å². The van der Waals surface area contributed by atoms with Gasteiger partial charge in [0.15, 0.2) is 5.69 Å². The number of hydrogen-bond acceptors (Lipinski definition) is 4. The van der Waals surface area contributed by atoms with E-state index >= 15 is 0 Å². The first-order chi connectivity index (χ1) is 12.7. The number of aromatic nitrogens is 2. The normalized spacial score (nSPS) is 11.1. The van der Waals surface area contributed by atoms with Crippen molar-refractivity contribution in [2.24, 2.45) is 0 Å². The van der Waals surface area contributed by atoms with Crippen LogP contribution in [-0.2, 0) is 0 Å². The van der Waals surface area contributed by atoms with Crippen LogP contribution in [0.25, 0.3) is 11.0 Å². The first-order valence-electron chi connectivity index (χ1n) is 8.77. The number of rotatable bonds is 4. The lowest BCUT2D eigenvalue weighted by Crippen LogP contribution is -2.18. The summed E-state index contributed by atoms with van der Waals surface area (Å²) < 4.78 is 6.77. The number of nitrogens with one attached hydrogen (secondary N) is 1. The van der Waals surface area contributed by atoms with Crippen LogP contribution in [-0.4, -0.2) is 22.0 Å². The number of halogens is 1. The number of amides is 1. The van der Waals surface area contributed by atoms with Crippen LogP contribution >= 0.6 is 15.9 Å². The summed E-state index contributed by atoms with van der Waals surface area (Å²) in [5.74, 6) is -0.105. The predicted molar refractivity (Wildman–Crippen MR) is 112 cm³/mol. The fourth-order valence-corrected chi connectivity index (χ4v) is 2.91. The summed E-state index contributed by atoms with van der Waals surface area (Å²) in [6.45, 7) is 9.79. The molecule has 1 amide bonds. The van der Waals surface area contributed by atoms with Crippen LogP contribution in [0.5, 0.6) is 5.88 Å². The van der Waals surface area contributed by atoms with Crippen molar-refractivity contribution in [2.45, 2.75) is 40.7 Å². The molecule has 0 bridgehead atoms. The third-order valence-corrected chi connectivity index (χ3v) is 5.12. The van der Waals surface area contributed by atoms with Crippen molar-refractivity contribution in [3.8, 4) is 5.88 Å². The maximum atomic E-state index is 12.9. The number of aryl methyl sites for hydroxylation is 3. The third-order valence-electron chi connectivity index (χ3n) is 4.23. The molecule has 0 atom stereocenters. The van der Waals surface area contributed by atoms with Crippen LogP contribution in [0, 0.1) is 20.8 Å². The van der Waals surface area contributed by atoms with Gasteiger partial charge in [0.2, 0.25) is 5.88 Å². The number of nitrogens with zero attached hydrogens (tertiary/aromatic N) is 2. The van der Waals surface area contributed by atoms with Gasteiger partial charge in [0.1, 0.15) is 0 Å². The molecular formula is C21H22BrN3O2. The van der Waals surface area contributed by atoms with E-state index in [0.29, 0.717) is 16.7 Å². The van der Waals surface area contributed by atoms with E-state index in [9.17, 15) is 4.79 Å². The Kier molecular flexibility index (Phi) is 5.46.